The molecule has 28 heavy (non-hydrogen) atoms. The number of rotatable bonds is 8. The Morgan fingerprint density at radius 1 is 1.21 bits per heavy atom. The zero-order chi connectivity index (χ0) is 20.7. The molecule has 2 amide bonds. The fourth-order valence-corrected chi connectivity index (χ4v) is 4.51. The summed E-state index contributed by atoms with van der Waals surface area (Å²) in [4.78, 5) is 26.6. The molecular formula is C20H21BrCl2N2O2S. The van der Waals surface area contributed by atoms with Crippen LogP contribution in [0.25, 0.3) is 0 Å². The third-order valence-electron chi connectivity index (χ3n) is 4.15. The first kappa shape index (κ1) is 23.1. The smallest absolute Gasteiger partial charge is 0.242 e. The minimum atomic E-state index is -0.573. The molecule has 2 rings (SSSR count). The predicted molar refractivity (Wildman–Crippen MR) is 121 cm³/mol. The van der Waals surface area contributed by atoms with Crippen molar-refractivity contribution in [3.63, 3.8) is 0 Å². The van der Waals surface area contributed by atoms with Crippen molar-refractivity contribution in [3.05, 3.63) is 68.1 Å². The number of amides is 2. The van der Waals surface area contributed by atoms with Gasteiger partial charge < -0.3 is 10.2 Å². The van der Waals surface area contributed by atoms with Crippen LogP contribution in [0.15, 0.2) is 46.9 Å². The lowest BCUT2D eigenvalue weighted by atomic mass is 10.1. The van der Waals surface area contributed by atoms with Crippen LogP contribution in [-0.4, -0.2) is 35.6 Å². The first-order valence-corrected chi connectivity index (χ1v) is 11.3. The number of halogens is 3. The molecule has 0 heterocycles. The number of thioether (sulfide) groups is 1. The number of carbonyl (C=O) groups is 2. The largest absolute Gasteiger partial charge is 0.357 e. The molecule has 0 saturated carbocycles. The van der Waals surface area contributed by atoms with E-state index in [4.69, 9.17) is 23.2 Å². The molecule has 0 radical (unpaired) electrons. The predicted octanol–water partition coefficient (Wildman–Crippen LogP) is 5.15. The summed E-state index contributed by atoms with van der Waals surface area (Å²) >= 11 is 17.0. The van der Waals surface area contributed by atoms with Gasteiger partial charge in [0.1, 0.15) is 6.04 Å². The quantitative estimate of drug-likeness (QED) is 0.541. The number of nitrogens with one attached hydrogen (secondary N) is 1. The van der Waals surface area contributed by atoms with Crippen molar-refractivity contribution in [2.75, 3.05) is 12.8 Å². The third kappa shape index (κ3) is 6.69. The minimum Gasteiger partial charge on any atom is -0.357 e. The molecule has 0 aliphatic rings. The van der Waals surface area contributed by atoms with Crippen molar-refractivity contribution in [2.45, 2.75) is 25.3 Å². The second kappa shape index (κ2) is 11.1. The Labute approximate surface area is 188 Å². The van der Waals surface area contributed by atoms with Gasteiger partial charge in [0.15, 0.2) is 0 Å². The molecule has 4 nitrogen and oxygen atoms in total. The first-order chi connectivity index (χ1) is 13.3. The van der Waals surface area contributed by atoms with Gasteiger partial charge in [0.05, 0.1) is 5.75 Å². The van der Waals surface area contributed by atoms with Crippen LogP contribution in [0.1, 0.15) is 18.1 Å². The van der Waals surface area contributed by atoms with Gasteiger partial charge in [-0.1, -0.05) is 57.3 Å². The Morgan fingerprint density at radius 2 is 1.96 bits per heavy atom. The summed E-state index contributed by atoms with van der Waals surface area (Å²) in [5.74, 6) is 0.523. The van der Waals surface area contributed by atoms with Crippen molar-refractivity contribution >= 4 is 62.7 Å². The molecule has 0 unspecified atom stereocenters. The zero-order valence-electron chi connectivity index (χ0n) is 15.5. The number of nitrogens with zero attached hydrogens (tertiary/aromatic N) is 1. The van der Waals surface area contributed by atoms with Gasteiger partial charge in [-0.05, 0) is 42.3 Å². The van der Waals surface area contributed by atoms with Gasteiger partial charge in [0.25, 0.3) is 0 Å². The molecule has 1 atom stereocenters. The zero-order valence-corrected chi connectivity index (χ0v) is 19.5. The number of hydrogen-bond donors (Lipinski definition) is 1. The Balaban J connectivity index is 2.06. The summed E-state index contributed by atoms with van der Waals surface area (Å²) in [6, 6.07) is 12.4. The average molecular weight is 504 g/mol. The maximum atomic E-state index is 12.9. The van der Waals surface area contributed by atoms with Gasteiger partial charge in [-0.25, -0.2) is 0 Å². The van der Waals surface area contributed by atoms with E-state index in [9.17, 15) is 9.59 Å². The van der Waals surface area contributed by atoms with Crippen molar-refractivity contribution in [1.82, 2.24) is 10.2 Å². The second-order valence-electron chi connectivity index (χ2n) is 6.17. The summed E-state index contributed by atoms with van der Waals surface area (Å²) in [6.07, 6.45) is 0. The standard InChI is InChI=1S/C20H21BrCl2N2O2S/c1-13(20(27)24-2)25(10-14-4-3-5-16(21)8-14)19(26)12-28-11-15-6-7-17(22)9-18(15)23/h3-9,13H,10-12H2,1-2H3,(H,24,27)/t13-/m0/s1. The lowest BCUT2D eigenvalue weighted by molar-refractivity contribution is -0.138. The van der Waals surface area contributed by atoms with Crippen LogP contribution in [0.2, 0.25) is 10.0 Å². The molecule has 0 bridgehead atoms. The van der Waals surface area contributed by atoms with Crippen LogP contribution in [-0.2, 0) is 21.9 Å². The molecule has 150 valence electrons. The lowest BCUT2D eigenvalue weighted by Gasteiger charge is -2.28. The molecule has 0 spiro atoms. The second-order valence-corrected chi connectivity index (χ2v) is 8.92. The maximum Gasteiger partial charge on any atom is 0.242 e. The monoisotopic (exact) mass is 502 g/mol. The van der Waals surface area contributed by atoms with E-state index in [2.05, 4.69) is 21.2 Å². The highest BCUT2D eigenvalue weighted by atomic mass is 79.9. The molecule has 0 aliphatic heterocycles. The minimum absolute atomic E-state index is 0.105. The van der Waals surface area contributed by atoms with Crippen LogP contribution in [0.3, 0.4) is 0 Å². The summed E-state index contributed by atoms with van der Waals surface area (Å²) in [5.41, 5.74) is 1.87. The highest BCUT2D eigenvalue weighted by molar-refractivity contribution is 9.10. The average Bonchev–Trinajstić information content (AvgIpc) is 2.66. The molecule has 0 fully saturated rings. The highest BCUT2D eigenvalue weighted by Crippen LogP contribution is 2.25. The summed E-state index contributed by atoms with van der Waals surface area (Å²) in [7, 11) is 1.57. The topological polar surface area (TPSA) is 49.4 Å². The molecule has 0 aromatic heterocycles. The molecule has 0 saturated heterocycles. The van der Waals surface area contributed by atoms with Gasteiger partial charge in [-0.3, -0.25) is 9.59 Å². The van der Waals surface area contributed by atoms with Crippen molar-refractivity contribution in [2.24, 2.45) is 0 Å². The van der Waals surface area contributed by atoms with E-state index in [0.717, 1.165) is 15.6 Å². The van der Waals surface area contributed by atoms with E-state index in [-0.39, 0.29) is 17.6 Å². The van der Waals surface area contributed by atoms with Crippen LogP contribution < -0.4 is 5.32 Å². The van der Waals surface area contributed by atoms with E-state index in [1.807, 2.05) is 30.3 Å². The Hall–Kier alpha value is -1.21. The van der Waals surface area contributed by atoms with E-state index in [1.54, 1.807) is 31.0 Å². The first-order valence-electron chi connectivity index (χ1n) is 8.59. The number of benzene rings is 2. The van der Waals surface area contributed by atoms with Crippen LogP contribution in [0.4, 0.5) is 0 Å². The van der Waals surface area contributed by atoms with Gasteiger partial charge in [-0.15, -0.1) is 11.8 Å². The number of likely N-dealkylation sites (N-methyl/N-ethyl adjacent to an activating group) is 1. The lowest BCUT2D eigenvalue weighted by Crippen LogP contribution is -2.47. The summed E-state index contributed by atoms with van der Waals surface area (Å²) < 4.78 is 0.928. The van der Waals surface area contributed by atoms with E-state index >= 15 is 0 Å². The normalized spacial score (nSPS) is 11.8. The Bertz CT molecular complexity index is 851. The molecular weight excluding hydrogens is 483 g/mol. The third-order valence-corrected chi connectivity index (χ3v) is 6.20. The maximum absolute atomic E-state index is 12.9. The van der Waals surface area contributed by atoms with Gasteiger partial charge in [0.2, 0.25) is 11.8 Å². The van der Waals surface area contributed by atoms with Gasteiger partial charge >= 0.3 is 0 Å². The SMILES string of the molecule is CNC(=O)[C@H](C)N(Cc1cccc(Br)c1)C(=O)CSCc1ccc(Cl)cc1Cl. The van der Waals surface area contributed by atoms with Crippen LogP contribution in [0, 0.1) is 0 Å². The molecule has 0 aliphatic carbocycles. The summed E-state index contributed by atoms with van der Waals surface area (Å²) in [5, 5.41) is 3.77. The number of carbonyl (C=O) groups excluding carboxylic acids is 2. The highest BCUT2D eigenvalue weighted by Gasteiger charge is 2.25. The van der Waals surface area contributed by atoms with E-state index in [0.29, 0.717) is 22.3 Å². The van der Waals surface area contributed by atoms with Crippen molar-refractivity contribution in [1.29, 1.82) is 0 Å². The fraction of sp³-hybridized carbons (Fsp3) is 0.300. The molecule has 8 heteroatoms. The van der Waals surface area contributed by atoms with Gasteiger partial charge in [0, 0.05) is 33.9 Å². The van der Waals surface area contributed by atoms with Crippen LogP contribution in [0.5, 0.6) is 0 Å². The Kier molecular flexibility index (Phi) is 9.15. The van der Waals surface area contributed by atoms with E-state index in [1.165, 1.54) is 11.8 Å². The fourth-order valence-electron chi connectivity index (χ4n) is 2.59. The van der Waals surface area contributed by atoms with Gasteiger partial charge in [-0.2, -0.15) is 0 Å². The van der Waals surface area contributed by atoms with Crippen molar-refractivity contribution in [3.8, 4) is 0 Å². The summed E-state index contributed by atoms with van der Waals surface area (Å²) in [6.45, 7) is 2.09. The molecule has 1 N–H and O–H groups in total. The van der Waals surface area contributed by atoms with Crippen LogP contribution >= 0.6 is 50.9 Å². The molecule has 2 aromatic rings. The molecule has 2 aromatic carbocycles. The number of hydrogen-bond acceptors (Lipinski definition) is 3. The van der Waals surface area contributed by atoms with E-state index < -0.39 is 6.04 Å². The van der Waals surface area contributed by atoms with Crippen molar-refractivity contribution < 1.29 is 9.59 Å². The Morgan fingerprint density at radius 3 is 2.61 bits per heavy atom.